The molecule has 136 valence electrons. The van der Waals surface area contributed by atoms with E-state index in [0.717, 1.165) is 0 Å². The van der Waals surface area contributed by atoms with Crippen molar-refractivity contribution in [2.45, 2.75) is 20.0 Å². The van der Waals surface area contributed by atoms with Gasteiger partial charge >= 0.3 is 6.09 Å². The smallest absolute Gasteiger partial charge is 0.418 e. The van der Waals surface area contributed by atoms with E-state index in [2.05, 4.69) is 6.58 Å². The molecule has 0 radical (unpaired) electrons. The Labute approximate surface area is 157 Å². The highest BCUT2D eigenvalue weighted by Crippen LogP contribution is 2.30. The predicted octanol–water partition coefficient (Wildman–Crippen LogP) is 4.64. The number of benzene rings is 2. The average molecular weight is 361 g/mol. The molecule has 0 saturated carbocycles. The zero-order valence-corrected chi connectivity index (χ0v) is 15.1. The van der Waals surface area contributed by atoms with Crippen molar-refractivity contribution < 1.29 is 19.1 Å². The standard InChI is InChI=1S/C22H19NO4/c1-4-12-23(5-2)22(26)27-14(3)15-10-11-18-19(13-15)21(25)17-9-7-6-8-16(17)20(18)24/h4-14H,2H2,1,3H3/b12-4-. The van der Waals surface area contributed by atoms with Crippen LogP contribution in [0.15, 0.2) is 67.5 Å². The first-order chi connectivity index (χ1) is 13.0. The van der Waals surface area contributed by atoms with Crippen LogP contribution in [-0.4, -0.2) is 22.6 Å². The maximum absolute atomic E-state index is 12.8. The van der Waals surface area contributed by atoms with Crippen LogP contribution < -0.4 is 0 Å². The molecule has 0 aliphatic heterocycles. The first-order valence-electron chi connectivity index (χ1n) is 8.54. The second-order valence-corrected chi connectivity index (χ2v) is 6.11. The Balaban J connectivity index is 1.90. The Morgan fingerprint density at radius 3 is 2.22 bits per heavy atom. The molecule has 0 aromatic heterocycles. The van der Waals surface area contributed by atoms with Crippen molar-refractivity contribution in [1.82, 2.24) is 4.90 Å². The van der Waals surface area contributed by atoms with Crippen molar-refractivity contribution in [1.29, 1.82) is 0 Å². The third kappa shape index (κ3) is 3.31. The third-order valence-corrected chi connectivity index (χ3v) is 4.41. The quantitative estimate of drug-likeness (QED) is 0.679. The minimum atomic E-state index is -0.601. The average Bonchev–Trinajstić information content (AvgIpc) is 2.69. The Kier molecular flexibility index (Phi) is 5.03. The van der Waals surface area contributed by atoms with E-state index in [4.69, 9.17) is 4.74 Å². The normalized spacial score (nSPS) is 13.7. The highest BCUT2D eigenvalue weighted by atomic mass is 16.6. The molecule has 1 aliphatic carbocycles. The van der Waals surface area contributed by atoms with Crippen LogP contribution in [-0.2, 0) is 4.74 Å². The zero-order chi connectivity index (χ0) is 19.6. The summed E-state index contributed by atoms with van der Waals surface area (Å²) >= 11 is 0. The van der Waals surface area contributed by atoms with Gasteiger partial charge in [-0.15, -0.1) is 0 Å². The van der Waals surface area contributed by atoms with E-state index in [1.807, 2.05) is 0 Å². The van der Waals surface area contributed by atoms with Crippen molar-refractivity contribution in [3.63, 3.8) is 0 Å². The van der Waals surface area contributed by atoms with Gasteiger partial charge in [0.25, 0.3) is 0 Å². The largest absolute Gasteiger partial charge is 0.441 e. The summed E-state index contributed by atoms with van der Waals surface area (Å²) in [6.45, 7) is 7.05. The van der Waals surface area contributed by atoms with Crippen LogP contribution in [0, 0.1) is 0 Å². The molecule has 1 unspecified atom stereocenters. The fourth-order valence-electron chi connectivity index (χ4n) is 3.01. The molecular weight excluding hydrogens is 342 g/mol. The molecule has 0 saturated heterocycles. The molecule has 5 heteroatoms. The molecule has 0 fully saturated rings. The summed E-state index contributed by atoms with van der Waals surface area (Å²) in [4.78, 5) is 38.8. The Morgan fingerprint density at radius 1 is 1.04 bits per heavy atom. The lowest BCUT2D eigenvalue weighted by molar-refractivity contribution is 0.0902. The minimum absolute atomic E-state index is 0.178. The van der Waals surface area contributed by atoms with Crippen LogP contribution in [0.25, 0.3) is 0 Å². The van der Waals surface area contributed by atoms with E-state index in [0.29, 0.717) is 27.8 Å². The fourth-order valence-corrected chi connectivity index (χ4v) is 3.01. The number of nitrogens with zero attached hydrogens (tertiary/aromatic N) is 1. The van der Waals surface area contributed by atoms with Gasteiger partial charge in [0.1, 0.15) is 6.10 Å². The molecule has 1 amide bonds. The topological polar surface area (TPSA) is 63.7 Å². The van der Waals surface area contributed by atoms with E-state index in [1.165, 1.54) is 17.3 Å². The molecule has 3 rings (SSSR count). The van der Waals surface area contributed by atoms with Crippen molar-refractivity contribution in [2.75, 3.05) is 0 Å². The van der Waals surface area contributed by atoms with Crippen LogP contribution >= 0.6 is 0 Å². The number of carbonyl (C=O) groups is 3. The SMILES string of the molecule is C=CN(/C=C\C)C(=O)OC(C)c1ccc2c(c1)C(=O)c1ccccc1C2=O. The third-order valence-electron chi connectivity index (χ3n) is 4.41. The van der Waals surface area contributed by atoms with Crippen molar-refractivity contribution >= 4 is 17.7 Å². The van der Waals surface area contributed by atoms with Gasteiger partial charge in [-0.1, -0.05) is 43.0 Å². The van der Waals surface area contributed by atoms with Crippen molar-refractivity contribution in [3.8, 4) is 0 Å². The van der Waals surface area contributed by atoms with E-state index in [-0.39, 0.29) is 11.6 Å². The first kappa shape index (κ1) is 18.3. The number of ether oxygens (including phenoxy) is 1. The molecule has 1 aliphatic rings. The molecule has 2 aromatic rings. The Hall–Kier alpha value is -3.47. The lowest BCUT2D eigenvalue weighted by Crippen LogP contribution is -2.23. The molecule has 0 N–H and O–H groups in total. The highest BCUT2D eigenvalue weighted by molar-refractivity contribution is 6.28. The Bertz CT molecular complexity index is 974. The maximum atomic E-state index is 12.8. The van der Waals surface area contributed by atoms with Crippen molar-refractivity contribution in [3.05, 3.63) is 95.3 Å². The summed E-state index contributed by atoms with van der Waals surface area (Å²) < 4.78 is 5.43. The van der Waals surface area contributed by atoms with Gasteiger partial charge < -0.3 is 4.74 Å². The van der Waals surface area contributed by atoms with E-state index < -0.39 is 12.2 Å². The van der Waals surface area contributed by atoms with E-state index in [9.17, 15) is 14.4 Å². The van der Waals surface area contributed by atoms with Gasteiger partial charge in [-0.2, -0.15) is 0 Å². The number of hydrogen-bond acceptors (Lipinski definition) is 4. The minimum Gasteiger partial charge on any atom is -0.441 e. The summed E-state index contributed by atoms with van der Waals surface area (Å²) in [7, 11) is 0. The van der Waals surface area contributed by atoms with Gasteiger partial charge in [0, 0.05) is 34.7 Å². The van der Waals surface area contributed by atoms with Crippen molar-refractivity contribution in [2.24, 2.45) is 0 Å². The molecule has 2 aromatic carbocycles. The van der Waals surface area contributed by atoms with Gasteiger partial charge in [0.2, 0.25) is 0 Å². The number of fused-ring (bicyclic) bond motifs is 2. The van der Waals surface area contributed by atoms with E-state index >= 15 is 0 Å². The summed E-state index contributed by atoms with van der Waals surface area (Å²) in [6, 6.07) is 11.7. The highest BCUT2D eigenvalue weighted by Gasteiger charge is 2.30. The zero-order valence-electron chi connectivity index (χ0n) is 15.1. The summed E-state index contributed by atoms with van der Waals surface area (Å²) in [5.74, 6) is -0.385. The van der Waals surface area contributed by atoms with Crippen LogP contribution in [0.1, 0.15) is 57.4 Å². The number of hydrogen-bond donors (Lipinski definition) is 0. The summed E-state index contributed by atoms with van der Waals surface area (Å²) in [5, 5.41) is 0. The molecule has 27 heavy (non-hydrogen) atoms. The lowest BCUT2D eigenvalue weighted by Gasteiger charge is -2.21. The molecular formula is C22H19NO4. The molecule has 1 atom stereocenters. The van der Waals surface area contributed by atoms with Crippen LogP contribution in [0.3, 0.4) is 0 Å². The number of ketones is 2. The number of amides is 1. The monoisotopic (exact) mass is 361 g/mol. The van der Waals surface area contributed by atoms with Gasteiger partial charge in [0.05, 0.1) is 0 Å². The van der Waals surface area contributed by atoms with Crippen LogP contribution in [0.4, 0.5) is 4.79 Å². The second-order valence-electron chi connectivity index (χ2n) is 6.11. The predicted molar refractivity (Wildman–Crippen MR) is 101 cm³/mol. The Morgan fingerprint density at radius 2 is 1.63 bits per heavy atom. The van der Waals surface area contributed by atoms with Crippen LogP contribution in [0.5, 0.6) is 0 Å². The number of rotatable bonds is 4. The number of allylic oxidation sites excluding steroid dienone is 1. The first-order valence-corrected chi connectivity index (χ1v) is 8.54. The maximum Gasteiger partial charge on any atom is 0.418 e. The van der Waals surface area contributed by atoms with Gasteiger partial charge in [-0.3, -0.25) is 14.5 Å². The molecule has 5 nitrogen and oxygen atoms in total. The fraction of sp³-hybridized carbons (Fsp3) is 0.136. The molecule has 0 spiro atoms. The van der Waals surface area contributed by atoms with Gasteiger partial charge in [-0.25, -0.2) is 4.79 Å². The number of carbonyl (C=O) groups excluding carboxylic acids is 3. The van der Waals surface area contributed by atoms with Crippen LogP contribution in [0.2, 0.25) is 0 Å². The summed E-state index contributed by atoms with van der Waals surface area (Å²) in [5.41, 5.74) is 2.13. The molecule has 0 heterocycles. The second kappa shape index (κ2) is 7.41. The molecule has 0 bridgehead atoms. The summed E-state index contributed by atoms with van der Waals surface area (Å²) in [6.07, 6.45) is 3.39. The lowest BCUT2D eigenvalue weighted by atomic mass is 9.83. The van der Waals surface area contributed by atoms with Gasteiger partial charge in [-0.05, 0) is 31.5 Å². The van der Waals surface area contributed by atoms with Gasteiger partial charge in [0.15, 0.2) is 11.6 Å². The van der Waals surface area contributed by atoms with E-state index in [1.54, 1.807) is 62.4 Å².